The van der Waals surface area contributed by atoms with Gasteiger partial charge in [-0.05, 0) is 38.5 Å². The summed E-state index contributed by atoms with van der Waals surface area (Å²) >= 11 is 0. The van der Waals surface area contributed by atoms with Gasteiger partial charge in [0.15, 0.2) is 0 Å². The molecule has 0 bridgehead atoms. The first kappa shape index (κ1) is 12.7. The molecule has 3 heteroatoms. The van der Waals surface area contributed by atoms with Crippen LogP contribution in [0.4, 0.5) is 5.69 Å². The van der Waals surface area contributed by atoms with E-state index >= 15 is 0 Å². The topological polar surface area (TPSA) is 38.1 Å². The zero-order valence-electron chi connectivity index (χ0n) is 12.0. The monoisotopic (exact) mass is 266 g/mol. The van der Waals surface area contributed by atoms with Gasteiger partial charge in [0.1, 0.15) is 11.3 Å². The van der Waals surface area contributed by atoms with Crippen LogP contribution in [-0.2, 0) is 0 Å². The smallest absolute Gasteiger partial charge is 0.134 e. The Bertz CT molecular complexity index is 746. The van der Waals surface area contributed by atoms with E-state index in [1.54, 1.807) is 0 Å². The maximum Gasteiger partial charge on any atom is 0.134 e. The Kier molecular flexibility index (Phi) is 3.18. The van der Waals surface area contributed by atoms with Crippen molar-refractivity contribution in [2.75, 3.05) is 5.32 Å². The van der Waals surface area contributed by atoms with E-state index in [4.69, 9.17) is 4.42 Å². The first-order valence-corrected chi connectivity index (χ1v) is 6.81. The van der Waals surface area contributed by atoms with Gasteiger partial charge in [-0.2, -0.15) is 0 Å². The SMILES string of the molecule is Cc1cncc(NC(C)c2oc3ccccc3c2C)c1. The summed E-state index contributed by atoms with van der Waals surface area (Å²) in [5.41, 5.74) is 4.29. The molecule has 0 aliphatic carbocycles. The van der Waals surface area contributed by atoms with Gasteiger partial charge < -0.3 is 9.73 Å². The van der Waals surface area contributed by atoms with E-state index in [0.717, 1.165) is 22.6 Å². The summed E-state index contributed by atoms with van der Waals surface area (Å²) < 4.78 is 5.98. The Labute approximate surface area is 118 Å². The lowest BCUT2D eigenvalue weighted by Crippen LogP contribution is -2.07. The Hall–Kier alpha value is -2.29. The van der Waals surface area contributed by atoms with Gasteiger partial charge in [0, 0.05) is 23.3 Å². The molecule has 3 nitrogen and oxygen atoms in total. The molecule has 0 radical (unpaired) electrons. The number of pyridine rings is 1. The minimum absolute atomic E-state index is 0.103. The van der Waals surface area contributed by atoms with Gasteiger partial charge in [-0.3, -0.25) is 4.98 Å². The molecule has 0 fully saturated rings. The number of hydrogen-bond acceptors (Lipinski definition) is 3. The average Bonchev–Trinajstić information content (AvgIpc) is 2.77. The van der Waals surface area contributed by atoms with Crippen molar-refractivity contribution in [3.63, 3.8) is 0 Å². The molecule has 2 aromatic heterocycles. The molecule has 1 N–H and O–H groups in total. The van der Waals surface area contributed by atoms with Crippen LogP contribution in [0.15, 0.2) is 47.1 Å². The predicted octanol–water partition coefficient (Wildman–Crippen LogP) is 4.62. The molecule has 2 heterocycles. The second kappa shape index (κ2) is 5.00. The number of nitrogens with one attached hydrogen (secondary N) is 1. The molecule has 0 amide bonds. The summed E-state index contributed by atoms with van der Waals surface area (Å²) in [5, 5.41) is 4.62. The predicted molar refractivity (Wildman–Crippen MR) is 82.0 cm³/mol. The minimum Gasteiger partial charge on any atom is -0.459 e. The van der Waals surface area contributed by atoms with E-state index in [2.05, 4.69) is 36.3 Å². The number of furan rings is 1. The Balaban J connectivity index is 1.92. The van der Waals surface area contributed by atoms with Gasteiger partial charge in [-0.25, -0.2) is 0 Å². The van der Waals surface area contributed by atoms with Crippen LogP contribution in [-0.4, -0.2) is 4.98 Å². The normalized spacial score (nSPS) is 12.6. The average molecular weight is 266 g/mol. The van der Waals surface area contributed by atoms with Gasteiger partial charge in [-0.15, -0.1) is 0 Å². The first-order valence-electron chi connectivity index (χ1n) is 6.81. The number of anilines is 1. The van der Waals surface area contributed by atoms with Crippen LogP contribution in [0, 0.1) is 13.8 Å². The van der Waals surface area contributed by atoms with Gasteiger partial charge in [0.25, 0.3) is 0 Å². The molecule has 1 atom stereocenters. The van der Waals surface area contributed by atoms with Crippen LogP contribution in [0.3, 0.4) is 0 Å². The first-order chi connectivity index (χ1) is 9.65. The summed E-state index contributed by atoms with van der Waals surface area (Å²) in [6, 6.07) is 10.3. The summed E-state index contributed by atoms with van der Waals surface area (Å²) in [4.78, 5) is 4.20. The molecule has 1 unspecified atom stereocenters. The third-order valence-corrected chi connectivity index (χ3v) is 3.53. The van der Waals surface area contributed by atoms with Gasteiger partial charge >= 0.3 is 0 Å². The van der Waals surface area contributed by atoms with E-state index in [9.17, 15) is 0 Å². The van der Waals surface area contributed by atoms with Gasteiger partial charge in [-0.1, -0.05) is 18.2 Å². The van der Waals surface area contributed by atoms with E-state index in [0.29, 0.717) is 0 Å². The van der Waals surface area contributed by atoms with Crippen LogP contribution in [0.5, 0.6) is 0 Å². The molecular weight excluding hydrogens is 248 g/mol. The van der Waals surface area contributed by atoms with Crippen molar-refractivity contribution in [1.29, 1.82) is 0 Å². The number of nitrogens with zero attached hydrogens (tertiary/aromatic N) is 1. The van der Waals surface area contributed by atoms with Crippen molar-refractivity contribution in [2.24, 2.45) is 0 Å². The largest absolute Gasteiger partial charge is 0.459 e. The number of hydrogen-bond donors (Lipinski definition) is 1. The van der Waals surface area contributed by atoms with Crippen molar-refractivity contribution in [3.8, 4) is 0 Å². The summed E-state index contributed by atoms with van der Waals surface area (Å²) in [5.74, 6) is 0.979. The lowest BCUT2D eigenvalue weighted by atomic mass is 10.1. The minimum atomic E-state index is 0.103. The molecule has 102 valence electrons. The van der Waals surface area contributed by atoms with Crippen molar-refractivity contribution < 1.29 is 4.42 Å². The van der Waals surface area contributed by atoms with E-state index in [1.807, 2.05) is 37.5 Å². The number of para-hydroxylation sites is 1. The quantitative estimate of drug-likeness (QED) is 0.751. The fourth-order valence-electron chi connectivity index (χ4n) is 2.56. The molecular formula is C17H18N2O. The highest BCUT2D eigenvalue weighted by Crippen LogP contribution is 2.30. The number of fused-ring (bicyclic) bond motifs is 1. The van der Waals surface area contributed by atoms with Crippen LogP contribution in [0.2, 0.25) is 0 Å². The highest BCUT2D eigenvalue weighted by Gasteiger charge is 2.16. The van der Waals surface area contributed by atoms with E-state index in [-0.39, 0.29) is 6.04 Å². The fourth-order valence-corrected chi connectivity index (χ4v) is 2.56. The van der Waals surface area contributed by atoms with Crippen molar-refractivity contribution in [3.05, 3.63) is 59.6 Å². The zero-order valence-corrected chi connectivity index (χ0v) is 12.0. The summed E-state index contributed by atoms with van der Waals surface area (Å²) in [6.07, 6.45) is 3.68. The molecule has 0 saturated heterocycles. The molecule has 0 aliphatic rings. The highest BCUT2D eigenvalue weighted by molar-refractivity contribution is 5.82. The maximum absolute atomic E-state index is 5.98. The number of aryl methyl sites for hydroxylation is 2. The van der Waals surface area contributed by atoms with Gasteiger partial charge in [0.05, 0.1) is 11.7 Å². The standard InChI is InChI=1S/C17H18N2O/c1-11-8-14(10-18-9-11)19-13(3)17-12(2)15-6-4-5-7-16(15)20-17/h4-10,13,19H,1-3H3. The van der Waals surface area contributed by atoms with Crippen LogP contribution in [0.25, 0.3) is 11.0 Å². The summed E-state index contributed by atoms with van der Waals surface area (Å²) in [6.45, 7) is 6.25. The molecule has 3 rings (SSSR count). The molecule has 3 aromatic rings. The second-order valence-electron chi connectivity index (χ2n) is 5.20. The molecule has 0 saturated carbocycles. The third-order valence-electron chi connectivity index (χ3n) is 3.53. The summed E-state index contributed by atoms with van der Waals surface area (Å²) in [7, 11) is 0. The van der Waals surface area contributed by atoms with Gasteiger partial charge in [0.2, 0.25) is 0 Å². The lowest BCUT2D eigenvalue weighted by Gasteiger charge is -2.14. The van der Waals surface area contributed by atoms with Crippen LogP contribution >= 0.6 is 0 Å². The van der Waals surface area contributed by atoms with Crippen molar-refractivity contribution in [1.82, 2.24) is 4.98 Å². The molecule has 0 aliphatic heterocycles. The molecule has 20 heavy (non-hydrogen) atoms. The zero-order chi connectivity index (χ0) is 14.1. The second-order valence-corrected chi connectivity index (χ2v) is 5.20. The Morgan fingerprint density at radius 1 is 1.15 bits per heavy atom. The maximum atomic E-state index is 5.98. The lowest BCUT2D eigenvalue weighted by molar-refractivity contribution is 0.522. The number of rotatable bonds is 3. The number of aromatic nitrogens is 1. The molecule has 1 aromatic carbocycles. The van der Waals surface area contributed by atoms with Crippen molar-refractivity contribution in [2.45, 2.75) is 26.8 Å². The van der Waals surface area contributed by atoms with Crippen molar-refractivity contribution >= 4 is 16.7 Å². The van der Waals surface area contributed by atoms with E-state index in [1.165, 1.54) is 10.9 Å². The number of benzene rings is 1. The third kappa shape index (κ3) is 2.27. The van der Waals surface area contributed by atoms with E-state index < -0.39 is 0 Å². The van der Waals surface area contributed by atoms with Crippen LogP contribution in [0.1, 0.15) is 29.9 Å². The van der Waals surface area contributed by atoms with Crippen LogP contribution < -0.4 is 5.32 Å². The Morgan fingerprint density at radius 3 is 2.70 bits per heavy atom. The molecule has 0 spiro atoms. The highest BCUT2D eigenvalue weighted by atomic mass is 16.3. The fraction of sp³-hybridized carbons (Fsp3) is 0.235. The Morgan fingerprint density at radius 2 is 1.95 bits per heavy atom.